The average molecular weight is 255 g/mol. The number of carboxylic acid groups (broad SMARTS) is 1. The Kier molecular flexibility index (Phi) is 3.93. The van der Waals surface area contributed by atoms with Crippen molar-refractivity contribution < 1.29 is 14.7 Å². The van der Waals surface area contributed by atoms with Crippen LogP contribution in [0, 0.1) is 0 Å². The molecule has 0 saturated carbocycles. The summed E-state index contributed by atoms with van der Waals surface area (Å²) in [6, 6.07) is 15.4. The number of nitrogens with one attached hydrogen (secondary N) is 1. The van der Waals surface area contributed by atoms with Gasteiger partial charge in [0.05, 0.1) is 5.56 Å². The molecule has 0 bridgehead atoms. The first-order chi connectivity index (χ1) is 9.18. The molecular formula is C15H13NO3. The molecule has 0 atom stereocenters. The standard InChI is InChI=1S/C15H13NO3/c17-14(11-6-2-1-3-7-11)16-10-12-8-4-5-9-13(12)15(18)19/h1-9H,10H2,(H,16,17)(H,18,19). The Hall–Kier alpha value is -2.62. The van der Waals surface area contributed by atoms with Gasteiger partial charge in [0.15, 0.2) is 0 Å². The minimum Gasteiger partial charge on any atom is -0.478 e. The van der Waals surface area contributed by atoms with Gasteiger partial charge in [0.1, 0.15) is 0 Å². The molecule has 0 fully saturated rings. The van der Waals surface area contributed by atoms with Crippen LogP contribution in [-0.2, 0) is 6.54 Å². The highest BCUT2D eigenvalue weighted by Crippen LogP contribution is 2.09. The number of hydrogen-bond donors (Lipinski definition) is 2. The van der Waals surface area contributed by atoms with Crippen LogP contribution in [0.5, 0.6) is 0 Å². The maximum atomic E-state index is 11.8. The molecule has 4 nitrogen and oxygen atoms in total. The molecule has 96 valence electrons. The van der Waals surface area contributed by atoms with Crippen molar-refractivity contribution in [1.82, 2.24) is 5.32 Å². The lowest BCUT2D eigenvalue weighted by molar-refractivity contribution is 0.0694. The molecule has 1 amide bonds. The number of carbonyl (C=O) groups excluding carboxylic acids is 1. The lowest BCUT2D eigenvalue weighted by atomic mass is 10.1. The van der Waals surface area contributed by atoms with Gasteiger partial charge < -0.3 is 10.4 Å². The van der Waals surface area contributed by atoms with Gasteiger partial charge in [-0.05, 0) is 23.8 Å². The van der Waals surface area contributed by atoms with Crippen LogP contribution in [0.3, 0.4) is 0 Å². The summed E-state index contributed by atoms with van der Waals surface area (Å²) in [4.78, 5) is 22.9. The molecule has 0 unspecified atom stereocenters. The summed E-state index contributed by atoms with van der Waals surface area (Å²) in [5, 5.41) is 11.7. The Morgan fingerprint density at radius 2 is 1.58 bits per heavy atom. The molecule has 0 aliphatic heterocycles. The van der Waals surface area contributed by atoms with Crippen molar-refractivity contribution in [3.05, 3.63) is 71.3 Å². The van der Waals surface area contributed by atoms with Crippen LogP contribution in [0.4, 0.5) is 0 Å². The fourth-order valence-corrected chi connectivity index (χ4v) is 1.75. The van der Waals surface area contributed by atoms with Gasteiger partial charge >= 0.3 is 5.97 Å². The van der Waals surface area contributed by atoms with Gasteiger partial charge in [-0.25, -0.2) is 4.79 Å². The fraction of sp³-hybridized carbons (Fsp3) is 0.0667. The van der Waals surface area contributed by atoms with Gasteiger partial charge in [-0.3, -0.25) is 4.79 Å². The monoisotopic (exact) mass is 255 g/mol. The van der Waals surface area contributed by atoms with Crippen LogP contribution in [0.1, 0.15) is 26.3 Å². The summed E-state index contributed by atoms with van der Waals surface area (Å²) < 4.78 is 0. The molecular weight excluding hydrogens is 242 g/mol. The predicted octanol–water partition coefficient (Wildman–Crippen LogP) is 2.31. The zero-order valence-electron chi connectivity index (χ0n) is 10.2. The zero-order valence-corrected chi connectivity index (χ0v) is 10.2. The van der Waals surface area contributed by atoms with E-state index in [2.05, 4.69) is 5.32 Å². The smallest absolute Gasteiger partial charge is 0.336 e. The number of hydrogen-bond acceptors (Lipinski definition) is 2. The van der Waals surface area contributed by atoms with Crippen molar-refractivity contribution in [2.45, 2.75) is 6.54 Å². The fourth-order valence-electron chi connectivity index (χ4n) is 1.75. The Bertz CT molecular complexity index is 593. The second-order valence-corrected chi connectivity index (χ2v) is 4.01. The summed E-state index contributed by atoms with van der Waals surface area (Å²) >= 11 is 0. The lowest BCUT2D eigenvalue weighted by Gasteiger charge is -2.08. The average Bonchev–Trinajstić information content (AvgIpc) is 2.46. The van der Waals surface area contributed by atoms with E-state index in [1.165, 1.54) is 6.07 Å². The first-order valence-corrected chi connectivity index (χ1v) is 5.83. The maximum absolute atomic E-state index is 11.8. The summed E-state index contributed by atoms with van der Waals surface area (Å²) in [5.74, 6) is -1.22. The highest BCUT2D eigenvalue weighted by atomic mass is 16.4. The quantitative estimate of drug-likeness (QED) is 0.881. The van der Waals surface area contributed by atoms with Crippen LogP contribution < -0.4 is 5.32 Å². The van der Waals surface area contributed by atoms with E-state index in [1.54, 1.807) is 42.5 Å². The summed E-state index contributed by atoms with van der Waals surface area (Å²) in [7, 11) is 0. The minimum atomic E-state index is -0.996. The Morgan fingerprint density at radius 1 is 0.947 bits per heavy atom. The molecule has 0 heterocycles. The third-order valence-electron chi connectivity index (χ3n) is 2.72. The highest BCUT2D eigenvalue weighted by molar-refractivity contribution is 5.94. The number of benzene rings is 2. The molecule has 2 N–H and O–H groups in total. The third-order valence-corrected chi connectivity index (χ3v) is 2.72. The van der Waals surface area contributed by atoms with E-state index in [1.807, 2.05) is 6.07 Å². The van der Waals surface area contributed by atoms with Gasteiger partial charge in [0, 0.05) is 12.1 Å². The molecule has 4 heteroatoms. The van der Waals surface area contributed by atoms with E-state index >= 15 is 0 Å². The molecule has 0 aromatic heterocycles. The number of amides is 1. The number of rotatable bonds is 4. The SMILES string of the molecule is O=C(NCc1ccccc1C(=O)O)c1ccccc1. The summed E-state index contributed by atoms with van der Waals surface area (Å²) in [6.45, 7) is 0.191. The second-order valence-electron chi connectivity index (χ2n) is 4.01. The van der Waals surface area contributed by atoms with Crippen LogP contribution in [-0.4, -0.2) is 17.0 Å². The van der Waals surface area contributed by atoms with Crippen molar-refractivity contribution in [3.63, 3.8) is 0 Å². The van der Waals surface area contributed by atoms with E-state index in [0.717, 1.165) is 0 Å². The van der Waals surface area contributed by atoms with E-state index in [0.29, 0.717) is 11.1 Å². The molecule has 2 aromatic carbocycles. The van der Waals surface area contributed by atoms with E-state index < -0.39 is 5.97 Å². The van der Waals surface area contributed by atoms with E-state index in [9.17, 15) is 9.59 Å². The van der Waals surface area contributed by atoms with Gasteiger partial charge in [-0.15, -0.1) is 0 Å². The van der Waals surface area contributed by atoms with Gasteiger partial charge in [-0.2, -0.15) is 0 Å². The van der Waals surface area contributed by atoms with Crippen LogP contribution in [0.2, 0.25) is 0 Å². The van der Waals surface area contributed by atoms with E-state index in [4.69, 9.17) is 5.11 Å². The second kappa shape index (κ2) is 5.82. The maximum Gasteiger partial charge on any atom is 0.336 e. The molecule has 0 saturated heterocycles. The van der Waals surface area contributed by atoms with Crippen molar-refractivity contribution in [2.75, 3.05) is 0 Å². The Balaban J connectivity index is 2.07. The predicted molar refractivity (Wildman–Crippen MR) is 71.0 cm³/mol. The zero-order chi connectivity index (χ0) is 13.7. The van der Waals surface area contributed by atoms with Crippen molar-refractivity contribution in [1.29, 1.82) is 0 Å². The molecule has 2 aromatic rings. The number of carboxylic acids is 1. The largest absolute Gasteiger partial charge is 0.478 e. The van der Waals surface area contributed by atoms with Gasteiger partial charge in [0.2, 0.25) is 0 Å². The summed E-state index contributed by atoms with van der Waals surface area (Å²) in [5.41, 5.74) is 1.34. The molecule has 0 spiro atoms. The Labute approximate surface area is 110 Å². The molecule has 0 aliphatic rings. The van der Waals surface area contributed by atoms with Crippen molar-refractivity contribution >= 4 is 11.9 Å². The van der Waals surface area contributed by atoms with Crippen LogP contribution in [0.25, 0.3) is 0 Å². The van der Waals surface area contributed by atoms with Crippen molar-refractivity contribution in [3.8, 4) is 0 Å². The Morgan fingerprint density at radius 3 is 2.26 bits per heavy atom. The lowest BCUT2D eigenvalue weighted by Crippen LogP contribution is -2.23. The number of carbonyl (C=O) groups is 2. The topological polar surface area (TPSA) is 66.4 Å². The van der Waals surface area contributed by atoms with Crippen LogP contribution >= 0.6 is 0 Å². The minimum absolute atomic E-state index is 0.191. The van der Waals surface area contributed by atoms with Crippen LogP contribution in [0.15, 0.2) is 54.6 Å². The first kappa shape index (κ1) is 12.8. The molecule has 19 heavy (non-hydrogen) atoms. The van der Waals surface area contributed by atoms with E-state index in [-0.39, 0.29) is 18.0 Å². The van der Waals surface area contributed by atoms with Crippen molar-refractivity contribution in [2.24, 2.45) is 0 Å². The number of aromatic carboxylic acids is 1. The molecule has 0 radical (unpaired) electrons. The first-order valence-electron chi connectivity index (χ1n) is 5.83. The third kappa shape index (κ3) is 3.19. The summed E-state index contributed by atoms with van der Waals surface area (Å²) in [6.07, 6.45) is 0. The van der Waals surface area contributed by atoms with Gasteiger partial charge in [0.25, 0.3) is 5.91 Å². The normalized spacial score (nSPS) is 9.89. The molecule has 2 rings (SSSR count). The van der Waals surface area contributed by atoms with Gasteiger partial charge in [-0.1, -0.05) is 36.4 Å². The highest BCUT2D eigenvalue weighted by Gasteiger charge is 2.10. The molecule has 0 aliphatic carbocycles.